The molecular weight excluding hydrogens is 907 g/mol. The van der Waals surface area contributed by atoms with E-state index in [0.29, 0.717) is 72.0 Å². The summed E-state index contributed by atoms with van der Waals surface area (Å²) in [5.41, 5.74) is 14.6. The third kappa shape index (κ3) is 9.70. The first-order valence-corrected chi connectivity index (χ1v) is 22.5. The molecule has 1 saturated heterocycles. The number of aryl methyl sites for hydroxylation is 4. The molecule has 0 radical (unpaired) electrons. The molecule has 7 amide bonds. The zero-order valence-corrected chi connectivity index (χ0v) is 39.1. The Kier molecular flexibility index (Phi) is 13.6. The van der Waals surface area contributed by atoms with Gasteiger partial charge in [-0.05, 0) is 62.9 Å². The zero-order valence-electron chi connectivity index (χ0n) is 39.1. The SMILES string of the molecule is CCc1nc(C)oc1C(=O)Nc1nc2cc(C(N)=O)cc(OCCC3CN(C(=O)CCN4C(=O)C=CC4=O)C3)c2n1C/C=C/Cn1c(NC(=O)c2cc(C)nn2CC)nc2cc(C(N)=O)cc(OC)c21. The van der Waals surface area contributed by atoms with E-state index < -0.39 is 35.4 Å². The van der Waals surface area contributed by atoms with Crippen LogP contribution in [0.5, 0.6) is 11.5 Å². The van der Waals surface area contributed by atoms with Gasteiger partial charge in [-0.15, -0.1) is 0 Å². The van der Waals surface area contributed by atoms with Crippen molar-refractivity contribution in [2.45, 2.75) is 66.6 Å². The largest absolute Gasteiger partial charge is 0.494 e. The van der Waals surface area contributed by atoms with Gasteiger partial charge in [-0.25, -0.2) is 15.0 Å². The summed E-state index contributed by atoms with van der Waals surface area (Å²) in [5, 5.41) is 10.1. The van der Waals surface area contributed by atoms with Crippen LogP contribution in [0.15, 0.2) is 59.1 Å². The number of aromatic nitrogens is 7. The highest BCUT2D eigenvalue weighted by Gasteiger charge is 2.32. The number of oxazole rings is 1. The molecule has 0 atom stereocenters. The number of methoxy groups -OCH3 is 1. The number of hydrogen-bond acceptors (Lipinski definition) is 14. The van der Waals surface area contributed by atoms with Crippen molar-refractivity contribution in [1.82, 2.24) is 43.7 Å². The second-order valence-corrected chi connectivity index (χ2v) is 16.7. The normalized spacial score (nSPS) is 13.8. The van der Waals surface area contributed by atoms with Crippen LogP contribution in [-0.4, -0.2) is 118 Å². The average molecular weight is 958 g/mol. The molecule has 2 aromatic carbocycles. The summed E-state index contributed by atoms with van der Waals surface area (Å²) in [6.45, 7) is 8.85. The lowest BCUT2D eigenvalue weighted by molar-refractivity contribution is -0.140. The van der Waals surface area contributed by atoms with Crippen molar-refractivity contribution in [3.63, 3.8) is 0 Å². The van der Waals surface area contributed by atoms with Gasteiger partial charge < -0.3 is 39.4 Å². The Labute approximate surface area is 399 Å². The van der Waals surface area contributed by atoms with Crippen molar-refractivity contribution >= 4 is 75.3 Å². The van der Waals surface area contributed by atoms with E-state index in [9.17, 15) is 33.6 Å². The molecule has 6 N–H and O–H groups in total. The van der Waals surface area contributed by atoms with Crippen LogP contribution in [0.3, 0.4) is 0 Å². The van der Waals surface area contributed by atoms with E-state index in [1.165, 1.54) is 43.5 Å². The molecule has 0 bridgehead atoms. The molecule has 6 heterocycles. The summed E-state index contributed by atoms with van der Waals surface area (Å²) in [6.07, 6.45) is 6.92. The van der Waals surface area contributed by atoms with Gasteiger partial charge in [0.15, 0.2) is 5.89 Å². The van der Waals surface area contributed by atoms with Crippen LogP contribution in [0, 0.1) is 19.8 Å². The van der Waals surface area contributed by atoms with Gasteiger partial charge in [0.25, 0.3) is 23.6 Å². The van der Waals surface area contributed by atoms with E-state index in [1.807, 2.05) is 13.8 Å². The Balaban J connectivity index is 1.08. The van der Waals surface area contributed by atoms with Crippen LogP contribution >= 0.6 is 0 Å². The van der Waals surface area contributed by atoms with Crippen LogP contribution in [0.25, 0.3) is 22.1 Å². The van der Waals surface area contributed by atoms with Crippen LogP contribution in [0.4, 0.5) is 11.9 Å². The number of amides is 7. The summed E-state index contributed by atoms with van der Waals surface area (Å²) < 4.78 is 22.7. The van der Waals surface area contributed by atoms with Crippen molar-refractivity contribution in [1.29, 1.82) is 0 Å². The van der Waals surface area contributed by atoms with Gasteiger partial charge in [0.05, 0.1) is 36.1 Å². The van der Waals surface area contributed by atoms with E-state index in [-0.39, 0.29) is 90.3 Å². The Morgan fingerprint density at radius 2 is 1.40 bits per heavy atom. The number of imide groups is 1. The molecule has 8 rings (SSSR count). The number of likely N-dealkylation sites (tertiary alicyclic amines) is 1. The van der Waals surface area contributed by atoms with E-state index in [4.69, 9.17) is 30.3 Å². The van der Waals surface area contributed by atoms with Crippen molar-refractivity contribution in [2.24, 2.45) is 17.4 Å². The number of nitrogens with two attached hydrogens (primary N) is 2. The number of rotatable bonds is 20. The van der Waals surface area contributed by atoms with Gasteiger partial charge >= 0.3 is 0 Å². The average Bonchev–Trinajstić information content (AvgIpc) is 4.14. The minimum absolute atomic E-state index is 0.00333. The number of carbonyl (C=O) groups excluding carboxylic acids is 7. The zero-order chi connectivity index (χ0) is 50.0. The number of nitrogens with one attached hydrogen (secondary N) is 2. The van der Waals surface area contributed by atoms with Gasteiger partial charge in [0.2, 0.25) is 35.4 Å². The fourth-order valence-electron chi connectivity index (χ4n) is 8.41. The molecular formula is C47H51N13O10. The van der Waals surface area contributed by atoms with E-state index in [2.05, 4.69) is 25.7 Å². The van der Waals surface area contributed by atoms with E-state index in [0.717, 1.165) is 4.90 Å². The lowest BCUT2D eigenvalue weighted by atomic mass is 9.96. The number of imidazole rings is 2. The van der Waals surface area contributed by atoms with Crippen LogP contribution in [0.2, 0.25) is 0 Å². The smallest absolute Gasteiger partial charge is 0.295 e. The number of ether oxygens (including phenoxy) is 2. The van der Waals surface area contributed by atoms with Gasteiger partial charge in [0.1, 0.15) is 28.2 Å². The molecule has 23 nitrogen and oxygen atoms in total. The van der Waals surface area contributed by atoms with Crippen LogP contribution in [0.1, 0.15) is 85.7 Å². The molecule has 0 unspecified atom stereocenters. The molecule has 4 aromatic heterocycles. The quantitative estimate of drug-likeness (QED) is 0.0631. The van der Waals surface area contributed by atoms with Crippen molar-refractivity contribution in [3.05, 3.63) is 94.5 Å². The van der Waals surface area contributed by atoms with Gasteiger partial charge in [0, 0.05) is 75.9 Å². The first-order valence-electron chi connectivity index (χ1n) is 22.5. The van der Waals surface area contributed by atoms with Crippen molar-refractivity contribution < 1.29 is 47.5 Å². The molecule has 23 heteroatoms. The molecule has 70 heavy (non-hydrogen) atoms. The van der Waals surface area contributed by atoms with Gasteiger partial charge in [-0.1, -0.05) is 19.1 Å². The summed E-state index contributed by atoms with van der Waals surface area (Å²) in [6, 6.07) is 7.66. The fourth-order valence-corrected chi connectivity index (χ4v) is 8.41. The second kappa shape index (κ2) is 19.9. The number of primary amides is 2. The van der Waals surface area contributed by atoms with Crippen LogP contribution < -0.4 is 31.6 Å². The van der Waals surface area contributed by atoms with Crippen LogP contribution in [-0.2, 0) is 40.4 Å². The number of hydrogen-bond donors (Lipinski definition) is 4. The molecule has 2 aliphatic rings. The number of anilines is 2. The Morgan fingerprint density at radius 3 is 1.97 bits per heavy atom. The molecule has 6 aromatic rings. The summed E-state index contributed by atoms with van der Waals surface area (Å²) in [7, 11) is 1.44. The topological polar surface area (TPSA) is 300 Å². The Hall–Kier alpha value is -8.63. The maximum absolute atomic E-state index is 13.8. The minimum Gasteiger partial charge on any atom is -0.494 e. The highest BCUT2D eigenvalue weighted by atomic mass is 16.5. The minimum atomic E-state index is -0.735. The second-order valence-electron chi connectivity index (χ2n) is 16.7. The predicted molar refractivity (Wildman–Crippen MR) is 252 cm³/mol. The molecule has 0 saturated carbocycles. The molecule has 0 spiro atoms. The molecule has 364 valence electrons. The van der Waals surface area contributed by atoms with Crippen molar-refractivity contribution in [3.8, 4) is 11.5 Å². The highest BCUT2D eigenvalue weighted by Crippen LogP contribution is 2.34. The molecule has 1 fully saturated rings. The van der Waals surface area contributed by atoms with E-state index in [1.54, 1.807) is 50.8 Å². The molecule has 2 aliphatic heterocycles. The monoisotopic (exact) mass is 957 g/mol. The lowest BCUT2D eigenvalue weighted by Crippen LogP contribution is -2.51. The number of fused-ring (bicyclic) bond motifs is 2. The van der Waals surface area contributed by atoms with Gasteiger partial charge in [-0.2, -0.15) is 5.10 Å². The molecule has 0 aliphatic carbocycles. The maximum Gasteiger partial charge on any atom is 0.295 e. The predicted octanol–water partition coefficient (Wildman–Crippen LogP) is 3.28. The first kappa shape index (κ1) is 47.8. The lowest BCUT2D eigenvalue weighted by Gasteiger charge is -2.39. The summed E-state index contributed by atoms with van der Waals surface area (Å²) in [4.78, 5) is 106. The number of carbonyl (C=O) groups is 7. The number of benzene rings is 2. The van der Waals surface area contributed by atoms with E-state index >= 15 is 0 Å². The fraction of sp³-hybridized carbons (Fsp3) is 0.340. The summed E-state index contributed by atoms with van der Waals surface area (Å²) in [5.74, 6) is -2.40. The number of allylic oxidation sites excluding steroid dienone is 2. The standard InChI is InChI=1S/C47H51N13O10/c1-6-30-41(70-26(4)50-30)45(67)54-47-52-32-20-29(43(49)65)22-35(69-17-13-27-23-56(24-27)36(61)12-16-57-37(62)10-11-38(57)63)40(32)59(47)15-9-8-14-58-39-31(19-28(42(48)64)21-34(39)68-5)51-46(58)53-44(66)33-18-25(3)55-60(33)7-2/h8-11,18-22,27H,6-7,12-17,23-24H2,1-5H3,(H2,48,64)(H2,49,65)(H,51,53,66)(H,52,54,67)/b9-8+. The highest BCUT2D eigenvalue weighted by molar-refractivity contribution is 6.13. The first-order chi connectivity index (χ1) is 33.6. The van der Waals surface area contributed by atoms with Gasteiger partial charge in [-0.3, -0.25) is 53.8 Å². The summed E-state index contributed by atoms with van der Waals surface area (Å²) >= 11 is 0. The Morgan fingerprint density at radius 1 is 0.814 bits per heavy atom. The Bertz CT molecular complexity index is 3150. The number of nitrogens with zero attached hydrogens (tertiary/aromatic N) is 9. The van der Waals surface area contributed by atoms with Crippen molar-refractivity contribution in [2.75, 3.05) is 44.0 Å². The third-order valence-corrected chi connectivity index (χ3v) is 11.9. The maximum atomic E-state index is 13.8. The third-order valence-electron chi connectivity index (χ3n) is 11.9.